The number of sulfonamides is 1. The molecular formula is C22H28FN3O3S. The molecule has 0 unspecified atom stereocenters. The van der Waals surface area contributed by atoms with Crippen LogP contribution in [-0.2, 0) is 10.0 Å². The number of amides is 1. The fraction of sp³-hybridized carbons (Fsp3) is 0.409. The molecule has 1 heterocycles. The van der Waals surface area contributed by atoms with Crippen LogP contribution in [-0.4, -0.2) is 62.8 Å². The van der Waals surface area contributed by atoms with Crippen LogP contribution in [0, 0.1) is 5.82 Å². The molecule has 0 N–H and O–H groups in total. The maximum absolute atomic E-state index is 13.2. The fourth-order valence-electron chi connectivity index (χ4n) is 3.43. The summed E-state index contributed by atoms with van der Waals surface area (Å²) in [4.78, 5) is 17.0. The number of rotatable bonds is 5. The SMILES string of the molecule is CC(C)N(C)S(=O)(=O)c1ccc(C(=O)N2CCCN(c3ccc(F)cc3)CC2)cc1. The van der Waals surface area contributed by atoms with Gasteiger partial charge in [0.05, 0.1) is 4.90 Å². The molecule has 1 aliphatic rings. The Morgan fingerprint density at radius 3 is 2.20 bits per heavy atom. The van der Waals surface area contributed by atoms with Crippen molar-refractivity contribution in [1.29, 1.82) is 0 Å². The van der Waals surface area contributed by atoms with Gasteiger partial charge >= 0.3 is 0 Å². The standard InChI is InChI=1S/C22H28FN3O3S/c1-17(2)24(3)30(28,29)21-11-5-18(6-12-21)22(27)26-14-4-13-25(15-16-26)20-9-7-19(23)8-10-20/h5-12,17H,4,13-16H2,1-3H3. The summed E-state index contributed by atoms with van der Waals surface area (Å²) >= 11 is 0. The summed E-state index contributed by atoms with van der Waals surface area (Å²) in [7, 11) is -2.03. The van der Waals surface area contributed by atoms with E-state index in [1.807, 2.05) is 13.8 Å². The highest BCUT2D eigenvalue weighted by Gasteiger charge is 2.24. The number of anilines is 1. The molecule has 0 aromatic heterocycles. The lowest BCUT2D eigenvalue weighted by Gasteiger charge is -2.24. The number of halogens is 1. The Labute approximate surface area is 177 Å². The van der Waals surface area contributed by atoms with Crippen molar-refractivity contribution in [1.82, 2.24) is 9.21 Å². The third kappa shape index (κ3) is 4.82. The minimum absolute atomic E-state index is 0.114. The average Bonchev–Trinajstić information content (AvgIpc) is 2.99. The summed E-state index contributed by atoms with van der Waals surface area (Å²) in [5.41, 5.74) is 1.41. The zero-order valence-electron chi connectivity index (χ0n) is 17.6. The predicted molar refractivity (Wildman–Crippen MR) is 116 cm³/mol. The van der Waals surface area contributed by atoms with Crippen LogP contribution in [0.25, 0.3) is 0 Å². The van der Waals surface area contributed by atoms with Gasteiger partial charge < -0.3 is 9.80 Å². The molecule has 162 valence electrons. The Kier molecular flexibility index (Phi) is 6.77. The van der Waals surface area contributed by atoms with E-state index < -0.39 is 10.0 Å². The minimum atomic E-state index is -3.58. The third-order valence-electron chi connectivity index (χ3n) is 5.48. The van der Waals surface area contributed by atoms with Gasteiger partial charge in [-0.1, -0.05) is 0 Å². The van der Waals surface area contributed by atoms with Crippen molar-refractivity contribution in [3.63, 3.8) is 0 Å². The van der Waals surface area contributed by atoms with Crippen molar-refractivity contribution < 1.29 is 17.6 Å². The van der Waals surface area contributed by atoms with Crippen LogP contribution in [0.5, 0.6) is 0 Å². The molecule has 30 heavy (non-hydrogen) atoms. The van der Waals surface area contributed by atoms with Gasteiger partial charge in [-0.05, 0) is 68.8 Å². The lowest BCUT2D eigenvalue weighted by atomic mass is 10.2. The second-order valence-corrected chi connectivity index (χ2v) is 9.75. The van der Waals surface area contributed by atoms with Crippen LogP contribution in [0.1, 0.15) is 30.6 Å². The Hall–Kier alpha value is -2.45. The number of benzene rings is 2. The molecule has 1 aliphatic heterocycles. The minimum Gasteiger partial charge on any atom is -0.370 e. The van der Waals surface area contributed by atoms with E-state index in [1.165, 1.54) is 28.6 Å². The van der Waals surface area contributed by atoms with E-state index in [1.54, 1.807) is 36.2 Å². The smallest absolute Gasteiger partial charge is 0.253 e. The van der Waals surface area contributed by atoms with Gasteiger partial charge in [0, 0.05) is 50.5 Å². The first kappa shape index (κ1) is 22.2. The van der Waals surface area contributed by atoms with Gasteiger partial charge in [-0.2, -0.15) is 4.31 Å². The zero-order valence-corrected chi connectivity index (χ0v) is 18.4. The summed E-state index contributed by atoms with van der Waals surface area (Å²) < 4.78 is 39.7. The number of carbonyl (C=O) groups excluding carboxylic acids is 1. The number of nitrogens with zero attached hydrogens (tertiary/aromatic N) is 3. The van der Waals surface area contributed by atoms with Crippen LogP contribution >= 0.6 is 0 Å². The zero-order chi connectivity index (χ0) is 21.9. The highest BCUT2D eigenvalue weighted by atomic mass is 32.2. The first-order chi connectivity index (χ1) is 14.2. The van der Waals surface area contributed by atoms with Crippen molar-refractivity contribution in [2.45, 2.75) is 31.2 Å². The topological polar surface area (TPSA) is 60.9 Å². The summed E-state index contributed by atoms with van der Waals surface area (Å²) in [6, 6.07) is 12.4. The van der Waals surface area contributed by atoms with Crippen molar-refractivity contribution in [3.8, 4) is 0 Å². The Morgan fingerprint density at radius 1 is 0.967 bits per heavy atom. The predicted octanol–water partition coefficient (Wildman–Crippen LogP) is 3.21. The molecule has 0 aliphatic carbocycles. The van der Waals surface area contributed by atoms with E-state index in [9.17, 15) is 17.6 Å². The molecule has 0 spiro atoms. The van der Waals surface area contributed by atoms with Crippen molar-refractivity contribution >= 4 is 21.6 Å². The molecule has 8 heteroatoms. The molecule has 1 fully saturated rings. The van der Waals surface area contributed by atoms with Crippen LogP contribution in [0.15, 0.2) is 53.4 Å². The van der Waals surface area contributed by atoms with E-state index in [0.717, 1.165) is 18.7 Å². The van der Waals surface area contributed by atoms with Gasteiger partial charge in [-0.25, -0.2) is 12.8 Å². The first-order valence-corrected chi connectivity index (χ1v) is 11.5. The highest BCUT2D eigenvalue weighted by Crippen LogP contribution is 2.20. The van der Waals surface area contributed by atoms with Crippen LogP contribution in [0.3, 0.4) is 0 Å². The number of carbonyl (C=O) groups is 1. The monoisotopic (exact) mass is 433 g/mol. The van der Waals surface area contributed by atoms with Gasteiger partial charge in [0.15, 0.2) is 0 Å². The summed E-state index contributed by atoms with van der Waals surface area (Å²) in [5, 5.41) is 0. The Bertz CT molecular complexity index is 976. The largest absolute Gasteiger partial charge is 0.370 e. The van der Waals surface area contributed by atoms with E-state index in [0.29, 0.717) is 25.2 Å². The summed E-state index contributed by atoms with van der Waals surface area (Å²) in [6.07, 6.45) is 0.800. The van der Waals surface area contributed by atoms with Gasteiger partial charge in [0.25, 0.3) is 5.91 Å². The molecular weight excluding hydrogens is 405 g/mol. The maximum atomic E-state index is 13.2. The number of hydrogen-bond donors (Lipinski definition) is 0. The van der Waals surface area contributed by atoms with Crippen LogP contribution in [0.2, 0.25) is 0 Å². The molecule has 2 aromatic carbocycles. The highest BCUT2D eigenvalue weighted by molar-refractivity contribution is 7.89. The van der Waals surface area contributed by atoms with Gasteiger partial charge in [0.1, 0.15) is 5.82 Å². The van der Waals surface area contributed by atoms with Gasteiger partial charge in [0.2, 0.25) is 10.0 Å². The second kappa shape index (κ2) is 9.14. The van der Waals surface area contributed by atoms with Gasteiger partial charge in [-0.3, -0.25) is 4.79 Å². The summed E-state index contributed by atoms with van der Waals surface area (Å²) in [5.74, 6) is -0.382. The third-order valence-corrected chi connectivity index (χ3v) is 7.53. The molecule has 1 saturated heterocycles. The van der Waals surface area contributed by atoms with E-state index in [2.05, 4.69) is 4.90 Å². The lowest BCUT2D eigenvalue weighted by Crippen LogP contribution is -2.35. The molecule has 0 radical (unpaired) electrons. The van der Waals surface area contributed by atoms with E-state index in [4.69, 9.17) is 0 Å². The molecule has 6 nitrogen and oxygen atoms in total. The first-order valence-electron chi connectivity index (χ1n) is 10.1. The van der Waals surface area contributed by atoms with Crippen LogP contribution < -0.4 is 4.90 Å². The molecule has 1 amide bonds. The van der Waals surface area contributed by atoms with Crippen molar-refractivity contribution in [2.75, 3.05) is 38.1 Å². The summed E-state index contributed by atoms with van der Waals surface area (Å²) in [6.45, 7) is 6.23. The Balaban J connectivity index is 1.69. The van der Waals surface area contributed by atoms with E-state index >= 15 is 0 Å². The molecule has 0 atom stereocenters. The Morgan fingerprint density at radius 2 is 1.60 bits per heavy atom. The average molecular weight is 434 g/mol. The molecule has 0 saturated carbocycles. The second-order valence-electron chi connectivity index (χ2n) is 7.75. The van der Waals surface area contributed by atoms with Crippen LogP contribution in [0.4, 0.5) is 10.1 Å². The quantitative estimate of drug-likeness (QED) is 0.727. The normalized spacial score (nSPS) is 15.5. The maximum Gasteiger partial charge on any atom is 0.253 e. The molecule has 2 aromatic rings. The fourth-order valence-corrected chi connectivity index (χ4v) is 4.79. The van der Waals surface area contributed by atoms with Gasteiger partial charge in [-0.15, -0.1) is 0 Å². The van der Waals surface area contributed by atoms with E-state index in [-0.39, 0.29) is 22.7 Å². The van der Waals surface area contributed by atoms with Crippen molar-refractivity contribution in [2.24, 2.45) is 0 Å². The van der Waals surface area contributed by atoms with Crippen molar-refractivity contribution in [3.05, 3.63) is 59.9 Å². The molecule has 3 rings (SSSR count). The lowest BCUT2D eigenvalue weighted by molar-refractivity contribution is 0.0767. The number of hydrogen-bond acceptors (Lipinski definition) is 4. The molecule has 0 bridgehead atoms.